The third-order valence-electron chi connectivity index (χ3n) is 2.78. The van der Waals surface area contributed by atoms with E-state index in [0.29, 0.717) is 30.0 Å². The molecule has 0 atom stereocenters. The van der Waals surface area contributed by atoms with Crippen molar-refractivity contribution in [2.45, 2.75) is 6.92 Å². The van der Waals surface area contributed by atoms with Crippen molar-refractivity contribution >= 4 is 11.7 Å². The molecule has 0 saturated heterocycles. The molecule has 0 aromatic carbocycles. The normalized spacial score (nSPS) is 9.71. The van der Waals surface area contributed by atoms with Gasteiger partial charge in [0.15, 0.2) is 0 Å². The van der Waals surface area contributed by atoms with Gasteiger partial charge in [0.2, 0.25) is 0 Å². The first-order chi connectivity index (χ1) is 10.2. The summed E-state index contributed by atoms with van der Waals surface area (Å²) in [6, 6.07) is 8.96. The van der Waals surface area contributed by atoms with E-state index in [1.54, 1.807) is 30.5 Å². The summed E-state index contributed by atoms with van der Waals surface area (Å²) in [6.07, 6.45) is 3.05. The van der Waals surface area contributed by atoms with Crippen LogP contribution in [0.1, 0.15) is 21.6 Å². The predicted octanol–water partition coefficient (Wildman–Crippen LogP) is 1.50. The second-order valence-corrected chi connectivity index (χ2v) is 4.41. The van der Waals surface area contributed by atoms with Crippen LogP contribution in [-0.4, -0.2) is 29.0 Å². The Morgan fingerprint density at radius 3 is 2.67 bits per heavy atom. The third-order valence-corrected chi connectivity index (χ3v) is 2.78. The van der Waals surface area contributed by atoms with Gasteiger partial charge < -0.3 is 10.6 Å². The molecular weight excluding hydrogens is 266 g/mol. The van der Waals surface area contributed by atoms with Crippen molar-refractivity contribution in [1.29, 1.82) is 5.26 Å². The molecule has 0 aliphatic heterocycles. The number of rotatable bonds is 5. The zero-order valence-electron chi connectivity index (χ0n) is 11.6. The molecule has 0 bridgehead atoms. The fourth-order valence-corrected chi connectivity index (χ4v) is 1.64. The molecule has 2 rings (SSSR count). The summed E-state index contributed by atoms with van der Waals surface area (Å²) in [5, 5.41) is 14.5. The van der Waals surface area contributed by atoms with Gasteiger partial charge in [-0.25, -0.2) is 4.98 Å². The molecule has 2 aromatic heterocycles. The SMILES string of the molecule is Cc1ccc(C(=O)NCCNc2ccc(C#N)cn2)cn1. The highest BCUT2D eigenvalue weighted by molar-refractivity contribution is 5.93. The fraction of sp³-hybridized carbons (Fsp3) is 0.200. The lowest BCUT2D eigenvalue weighted by Crippen LogP contribution is -2.29. The smallest absolute Gasteiger partial charge is 0.252 e. The molecule has 2 heterocycles. The second kappa shape index (κ2) is 7.01. The minimum atomic E-state index is -0.155. The van der Waals surface area contributed by atoms with E-state index < -0.39 is 0 Å². The quantitative estimate of drug-likeness (QED) is 0.810. The van der Waals surface area contributed by atoms with E-state index >= 15 is 0 Å². The zero-order chi connectivity index (χ0) is 15.1. The number of hydrogen-bond acceptors (Lipinski definition) is 5. The summed E-state index contributed by atoms with van der Waals surface area (Å²) in [4.78, 5) is 20.0. The highest BCUT2D eigenvalue weighted by Crippen LogP contribution is 2.03. The largest absolute Gasteiger partial charge is 0.368 e. The minimum Gasteiger partial charge on any atom is -0.368 e. The number of aryl methyl sites for hydroxylation is 1. The molecule has 0 aliphatic rings. The van der Waals surface area contributed by atoms with Crippen LogP contribution in [0, 0.1) is 18.3 Å². The summed E-state index contributed by atoms with van der Waals surface area (Å²) in [5.74, 6) is 0.511. The van der Waals surface area contributed by atoms with E-state index in [2.05, 4.69) is 20.6 Å². The maximum atomic E-state index is 11.8. The average molecular weight is 281 g/mol. The van der Waals surface area contributed by atoms with Gasteiger partial charge in [-0.1, -0.05) is 0 Å². The van der Waals surface area contributed by atoms with Crippen molar-refractivity contribution < 1.29 is 4.79 Å². The summed E-state index contributed by atoms with van der Waals surface area (Å²) in [7, 11) is 0. The van der Waals surface area contributed by atoms with Gasteiger partial charge in [0.1, 0.15) is 11.9 Å². The van der Waals surface area contributed by atoms with E-state index in [-0.39, 0.29) is 5.91 Å². The van der Waals surface area contributed by atoms with Crippen LogP contribution in [-0.2, 0) is 0 Å². The first kappa shape index (κ1) is 14.5. The van der Waals surface area contributed by atoms with Gasteiger partial charge in [0.05, 0.1) is 11.1 Å². The van der Waals surface area contributed by atoms with Crippen molar-refractivity contribution in [3.05, 3.63) is 53.5 Å². The van der Waals surface area contributed by atoms with Gasteiger partial charge in [-0.05, 0) is 31.2 Å². The van der Waals surface area contributed by atoms with Crippen molar-refractivity contribution in [3.8, 4) is 6.07 Å². The number of amides is 1. The van der Waals surface area contributed by atoms with E-state index in [1.165, 1.54) is 6.20 Å². The average Bonchev–Trinajstić information content (AvgIpc) is 2.52. The van der Waals surface area contributed by atoms with Crippen molar-refractivity contribution in [2.75, 3.05) is 18.4 Å². The lowest BCUT2D eigenvalue weighted by molar-refractivity contribution is 0.0955. The molecule has 0 radical (unpaired) electrons. The Balaban J connectivity index is 1.75. The molecule has 106 valence electrons. The summed E-state index contributed by atoms with van der Waals surface area (Å²) in [6.45, 7) is 2.88. The highest BCUT2D eigenvalue weighted by atomic mass is 16.1. The molecule has 1 amide bonds. The van der Waals surface area contributed by atoms with E-state index in [1.807, 2.05) is 13.0 Å². The van der Waals surface area contributed by atoms with E-state index in [4.69, 9.17) is 5.26 Å². The van der Waals surface area contributed by atoms with Crippen LogP contribution in [0.25, 0.3) is 0 Å². The molecular formula is C15H15N5O. The number of carbonyl (C=O) groups is 1. The van der Waals surface area contributed by atoms with E-state index in [0.717, 1.165) is 5.69 Å². The van der Waals surface area contributed by atoms with Crippen LogP contribution in [0.3, 0.4) is 0 Å². The Bertz CT molecular complexity index is 643. The zero-order valence-corrected chi connectivity index (χ0v) is 11.6. The lowest BCUT2D eigenvalue weighted by atomic mass is 10.2. The molecule has 0 spiro atoms. The number of nitriles is 1. The minimum absolute atomic E-state index is 0.155. The Morgan fingerprint density at radius 2 is 2.05 bits per heavy atom. The van der Waals surface area contributed by atoms with E-state index in [9.17, 15) is 4.79 Å². The van der Waals surface area contributed by atoms with Crippen molar-refractivity contribution in [1.82, 2.24) is 15.3 Å². The maximum absolute atomic E-state index is 11.8. The van der Waals surface area contributed by atoms with Gasteiger partial charge in [0.25, 0.3) is 5.91 Å². The second-order valence-electron chi connectivity index (χ2n) is 4.41. The summed E-state index contributed by atoms with van der Waals surface area (Å²) in [5.41, 5.74) is 1.93. The molecule has 21 heavy (non-hydrogen) atoms. The molecule has 0 saturated carbocycles. The fourth-order valence-electron chi connectivity index (χ4n) is 1.64. The number of carbonyl (C=O) groups excluding carboxylic acids is 1. The third kappa shape index (κ3) is 4.28. The highest BCUT2D eigenvalue weighted by Gasteiger charge is 2.04. The first-order valence-electron chi connectivity index (χ1n) is 6.50. The number of pyridine rings is 2. The van der Waals surface area contributed by atoms with Gasteiger partial charge >= 0.3 is 0 Å². The Hall–Kier alpha value is -2.94. The lowest BCUT2D eigenvalue weighted by Gasteiger charge is -2.07. The van der Waals surface area contributed by atoms with Crippen molar-refractivity contribution in [3.63, 3.8) is 0 Å². The molecule has 6 nitrogen and oxygen atoms in total. The standard InChI is InChI=1S/C15H15N5O/c1-11-2-4-13(10-19-11)15(21)18-7-6-17-14-5-3-12(8-16)9-20-14/h2-5,9-10H,6-7H2,1H3,(H,17,20)(H,18,21). The molecule has 6 heteroatoms. The summed E-state index contributed by atoms with van der Waals surface area (Å²) < 4.78 is 0. The van der Waals surface area contributed by atoms with Crippen LogP contribution in [0.5, 0.6) is 0 Å². The Kier molecular flexibility index (Phi) is 4.83. The van der Waals surface area contributed by atoms with Gasteiger partial charge in [-0.3, -0.25) is 9.78 Å². The molecule has 2 aromatic rings. The number of aromatic nitrogens is 2. The van der Waals surface area contributed by atoms with Crippen LogP contribution in [0.15, 0.2) is 36.7 Å². The van der Waals surface area contributed by atoms with Gasteiger partial charge in [0, 0.05) is 31.2 Å². The number of hydrogen-bond donors (Lipinski definition) is 2. The van der Waals surface area contributed by atoms with Crippen LogP contribution in [0.4, 0.5) is 5.82 Å². The maximum Gasteiger partial charge on any atom is 0.252 e. The van der Waals surface area contributed by atoms with Gasteiger partial charge in [-0.15, -0.1) is 0 Å². The molecule has 2 N–H and O–H groups in total. The van der Waals surface area contributed by atoms with Crippen LogP contribution >= 0.6 is 0 Å². The first-order valence-corrected chi connectivity index (χ1v) is 6.50. The Labute approximate surface area is 122 Å². The summed E-state index contributed by atoms with van der Waals surface area (Å²) >= 11 is 0. The van der Waals surface area contributed by atoms with Crippen LogP contribution in [0.2, 0.25) is 0 Å². The number of nitrogens with zero attached hydrogens (tertiary/aromatic N) is 3. The number of anilines is 1. The molecule has 0 aliphatic carbocycles. The Morgan fingerprint density at radius 1 is 1.19 bits per heavy atom. The molecule has 0 fully saturated rings. The van der Waals surface area contributed by atoms with Crippen molar-refractivity contribution in [2.24, 2.45) is 0 Å². The monoisotopic (exact) mass is 281 g/mol. The molecule has 0 unspecified atom stereocenters. The predicted molar refractivity (Wildman–Crippen MR) is 78.7 cm³/mol. The van der Waals surface area contributed by atoms with Crippen LogP contribution < -0.4 is 10.6 Å². The topological polar surface area (TPSA) is 90.7 Å². The van der Waals surface area contributed by atoms with Gasteiger partial charge in [-0.2, -0.15) is 5.26 Å². The number of nitrogens with one attached hydrogen (secondary N) is 2.